The van der Waals surface area contributed by atoms with Crippen LogP contribution in [0.4, 0.5) is 4.79 Å². The maximum absolute atomic E-state index is 12.6. The lowest BCUT2D eigenvalue weighted by Crippen LogP contribution is -2.35. The smallest absolute Gasteiger partial charge is 0.419 e. The molecule has 26 heavy (non-hydrogen) atoms. The summed E-state index contributed by atoms with van der Waals surface area (Å²) in [6.07, 6.45) is -0.156. The van der Waals surface area contributed by atoms with Crippen LogP contribution in [0.15, 0.2) is 42.9 Å². The number of likely N-dealkylation sites (N-methyl/N-ethyl adjacent to an activating group) is 1. The van der Waals surface area contributed by atoms with Crippen molar-refractivity contribution < 1.29 is 19.4 Å². The lowest BCUT2D eigenvalue weighted by molar-refractivity contribution is -0.129. The molecule has 1 saturated heterocycles. The van der Waals surface area contributed by atoms with E-state index in [0.717, 1.165) is 0 Å². The molecule has 1 aliphatic rings. The Morgan fingerprint density at radius 1 is 1.35 bits per heavy atom. The van der Waals surface area contributed by atoms with Gasteiger partial charge in [0, 0.05) is 24.2 Å². The Hall–Kier alpha value is -2.80. The molecule has 138 valence electrons. The summed E-state index contributed by atoms with van der Waals surface area (Å²) in [4.78, 5) is 26.3. The molecule has 2 atom stereocenters. The Morgan fingerprint density at radius 2 is 2.00 bits per heavy atom. The number of amides is 1. The summed E-state index contributed by atoms with van der Waals surface area (Å²) in [7, 11) is 1.59. The fraction of sp³-hybridized carbons (Fsp3) is 0.368. The molecule has 0 spiro atoms. The number of ether oxygens (including phenoxy) is 1. The number of hydrogen-bond donors (Lipinski definition) is 2. The molecule has 1 aliphatic heterocycles. The highest BCUT2D eigenvalue weighted by atomic mass is 16.6. The lowest BCUT2D eigenvalue weighted by Gasteiger charge is -2.19. The van der Waals surface area contributed by atoms with E-state index in [0.29, 0.717) is 22.3 Å². The SMILES string of the molecule is C=C1NC(C(O)c2cn(C(=O)OC(C)(C)C)c3ccccc23)C(=O)N1C. The quantitative estimate of drug-likeness (QED) is 0.862. The molecule has 2 N–H and O–H groups in total. The Morgan fingerprint density at radius 3 is 2.58 bits per heavy atom. The van der Waals surface area contributed by atoms with Crippen LogP contribution >= 0.6 is 0 Å². The summed E-state index contributed by atoms with van der Waals surface area (Å²) >= 11 is 0. The Balaban J connectivity index is 2.03. The minimum absolute atomic E-state index is 0.281. The van der Waals surface area contributed by atoms with E-state index in [1.165, 1.54) is 15.7 Å². The molecule has 0 saturated carbocycles. The number of para-hydroxylation sites is 1. The Bertz CT molecular complexity index is 894. The number of fused-ring (bicyclic) bond motifs is 1. The maximum atomic E-state index is 12.6. The van der Waals surface area contributed by atoms with Gasteiger partial charge in [-0.05, 0) is 26.8 Å². The summed E-state index contributed by atoms with van der Waals surface area (Å²) in [5.41, 5.74) is 0.429. The predicted molar refractivity (Wildman–Crippen MR) is 97.4 cm³/mol. The predicted octanol–water partition coefficient (Wildman–Crippen LogP) is 2.36. The van der Waals surface area contributed by atoms with Gasteiger partial charge < -0.3 is 20.1 Å². The van der Waals surface area contributed by atoms with Crippen LogP contribution in [-0.2, 0) is 9.53 Å². The number of carbonyl (C=O) groups excluding carboxylic acids is 2. The van der Waals surface area contributed by atoms with Crippen LogP contribution in [0.3, 0.4) is 0 Å². The zero-order chi connectivity index (χ0) is 19.2. The molecule has 0 radical (unpaired) electrons. The van der Waals surface area contributed by atoms with E-state index in [2.05, 4.69) is 11.9 Å². The van der Waals surface area contributed by atoms with Crippen LogP contribution in [-0.4, -0.2) is 45.3 Å². The van der Waals surface area contributed by atoms with Gasteiger partial charge >= 0.3 is 6.09 Å². The van der Waals surface area contributed by atoms with Crippen LogP contribution in [0.5, 0.6) is 0 Å². The first-order valence-corrected chi connectivity index (χ1v) is 8.34. The molecule has 3 rings (SSSR count). The van der Waals surface area contributed by atoms with Gasteiger partial charge in [-0.15, -0.1) is 0 Å². The van der Waals surface area contributed by atoms with Gasteiger partial charge in [0.25, 0.3) is 5.91 Å². The highest BCUT2D eigenvalue weighted by Gasteiger charge is 2.39. The third kappa shape index (κ3) is 3.06. The summed E-state index contributed by atoms with van der Waals surface area (Å²) < 4.78 is 6.80. The molecule has 1 aromatic heterocycles. The van der Waals surface area contributed by atoms with Gasteiger partial charge in [-0.3, -0.25) is 9.36 Å². The largest absolute Gasteiger partial charge is 0.443 e. The molecule has 0 bridgehead atoms. The van der Waals surface area contributed by atoms with Gasteiger partial charge in [-0.2, -0.15) is 0 Å². The fourth-order valence-electron chi connectivity index (χ4n) is 2.98. The van der Waals surface area contributed by atoms with Crippen molar-refractivity contribution in [2.75, 3.05) is 7.05 Å². The second kappa shape index (κ2) is 6.17. The monoisotopic (exact) mass is 357 g/mol. The Labute approximate surface area is 151 Å². The number of aliphatic hydroxyl groups excluding tert-OH is 1. The van der Waals surface area contributed by atoms with Crippen LogP contribution in [0.1, 0.15) is 32.4 Å². The van der Waals surface area contributed by atoms with E-state index < -0.39 is 23.8 Å². The minimum Gasteiger partial charge on any atom is -0.443 e. The van der Waals surface area contributed by atoms with Crippen molar-refractivity contribution >= 4 is 22.9 Å². The van der Waals surface area contributed by atoms with Crippen LogP contribution in [0, 0.1) is 0 Å². The van der Waals surface area contributed by atoms with E-state index in [-0.39, 0.29) is 5.91 Å². The topological polar surface area (TPSA) is 83.8 Å². The number of aromatic nitrogens is 1. The number of rotatable bonds is 2. The third-order valence-electron chi connectivity index (χ3n) is 4.29. The molecule has 2 unspecified atom stereocenters. The highest BCUT2D eigenvalue weighted by Crippen LogP contribution is 2.31. The molecule has 7 nitrogen and oxygen atoms in total. The second-order valence-corrected chi connectivity index (χ2v) is 7.36. The summed E-state index contributed by atoms with van der Waals surface area (Å²) in [5, 5.41) is 14.4. The number of nitrogens with one attached hydrogen (secondary N) is 1. The number of hydrogen-bond acceptors (Lipinski definition) is 5. The zero-order valence-electron chi connectivity index (χ0n) is 15.3. The normalized spacial score (nSPS) is 19.0. The number of aliphatic hydroxyl groups is 1. The van der Waals surface area contributed by atoms with Crippen molar-refractivity contribution in [2.24, 2.45) is 0 Å². The second-order valence-electron chi connectivity index (χ2n) is 7.36. The van der Waals surface area contributed by atoms with Gasteiger partial charge in [-0.25, -0.2) is 4.79 Å². The molecule has 2 aromatic rings. The van der Waals surface area contributed by atoms with Crippen molar-refractivity contribution in [3.05, 3.63) is 48.4 Å². The van der Waals surface area contributed by atoms with Gasteiger partial charge in [0.1, 0.15) is 23.6 Å². The van der Waals surface area contributed by atoms with Gasteiger partial charge in [0.15, 0.2) is 0 Å². The third-order valence-corrected chi connectivity index (χ3v) is 4.29. The van der Waals surface area contributed by atoms with Crippen LogP contribution in [0.25, 0.3) is 10.9 Å². The van der Waals surface area contributed by atoms with Crippen molar-refractivity contribution in [2.45, 2.75) is 38.5 Å². The lowest BCUT2D eigenvalue weighted by atomic mass is 10.0. The van der Waals surface area contributed by atoms with E-state index in [9.17, 15) is 14.7 Å². The standard InChI is InChI=1S/C19H23N3O4/c1-11-20-15(17(24)21(11)5)16(23)13-10-22(18(25)26-19(2,3)4)14-9-7-6-8-12(13)14/h6-10,15-16,20,23H,1H2,2-5H3. The van der Waals surface area contributed by atoms with Crippen molar-refractivity contribution in [1.29, 1.82) is 0 Å². The first-order valence-electron chi connectivity index (χ1n) is 8.34. The molecular formula is C19H23N3O4. The highest BCUT2D eigenvalue weighted by molar-refractivity contribution is 5.94. The zero-order valence-corrected chi connectivity index (χ0v) is 15.3. The fourth-order valence-corrected chi connectivity index (χ4v) is 2.98. The molecule has 1 aromatic carbocycles. The molecule has 1 amide bonds. The average Bonchev–Trinajstić information content (AvgIpc) is 3.06. The van der Waals surface area contributed by atoms with Gasteiger partial charge in [-0.1, -0.05) is 24.8 Å². The van der Waals surface area contributed by atoms with Gasteiger partial charge in [0.05, 0.1) is 5.52 Å². The number of carbonyl (C=O) groups is 2. The molecule has 1 fully saturated rings. The van der Waals surface area contributed by atoms with E-state index in [1.807, 2.05) is 6.07 Å². The summed E-state index contributed by atoms with van der Waals surface area (Å²) in [6.45, 7) is 9.11. The first-order chi connectivity index (χ1) is 12.1. The van der Waals surface area contributed by atoms with E-state index in [1.54, 1.807) is 46.0 Å². The number of nitrogens with zero attached hydrogens (tertiary/aromatic N) is 2. The number of benzene rings is 1. The molecule has 2 heterocycles. The van der Waals surface area contributed by atoms with Crippen molar-refractivity contribution in [3.63, 3.8) is 0 Å². The Kier molecular flexibility index (Phi) is 4.28. The van der Waals surface area contributed by atoms with Gasteiger partial charge in [0.2, 0.25) is 0 Å². The van der Waals surface area contributed by atoms with Crippen LogP contribution in [0.2, 0.25) is 0 Å². The summed E-state index contributed by atoms with van der Waals surface area (Å²) in [6, 6.07) is 6.32. The van der Waals surface area contributed by atoms with Crippen molar-refractivity contribution in [3.8, 4) is 0 Å². The van der Waals surface area contributed by atoms with Crippen molar-refractivity contribution in [1.82, 2.24) is 14.8 Å². The van der Waals surface area contributed by atoms with E-state index in [4.69, 9.17) is 4.74 Å². The van der Waals surface area contributed by atoms with Crippen LogP contribution < -0.4 is 5.32 Å². The van der Waals surface area contributed by atoms with E-state index >= 15 is 0 Å². The molecule has 0 aliphatic carbocycles. The molecule has 7 heteroatoms. The summed E-state index contributed by atoms with van der Waals surface area (Å²) in [5.74, 6) is 0.145. The average molecular weight is 357 g/mol. The first kappa shape index (κ1) is 18.0. The minimum atomic E-state index is -1.14. The maximum Gasteiger partial charge on any atom is 0.419 e. The molecular weight excluding hydrogens is 334 g/mol.